The van der Waals surface area contributed by atoms with Gasteiger partial charge in [-0.15, -0.1) is 0 Å². The highest BCUT2D eigenvalue weighted by atomic mass is 35.5. The van der Waals surface area contributed by atoms with Crippen LogP contribution in [0.2, 0.25) is 5.02 Å². The lowest BCUT2D eigenvalue weighted by molar-refractivity contribution is -0.137. The van der Waals surface area contributed by atoms with Crippen LogP contribution >= 0.6 is 11.6 Å². The fourth-order valence-electron chi connectivity index (χ4n) is 4.61. The number of benzene rings is 2. The van der Waals surface area contributed by atoms with Gasteiger partial charge in [-0.25, -0.2) is 4.68 Å². The van der Waals surface area contributed by atoms with Crippen molar-refractivity contribution in [3.8, 4) is 45.3 Å². The van der Waals surface area contributed by atoms with Gasteiger partial charge in [-0.1, -0.05) is 11.6 Å². The van der Waals surface area contributed by atoms with Gasteiger partial charge in [0.15, 0.2) is 5.69 Å². The Labute approximate surface area is 241 Å². The van der Waals surface area contributed by atoms with Crippen LogP contribution in [0.4, 0.5) is 0 Å². The molecule has 2 aromatic heterocycles. The van der Waals surface area contributed by atoms with Gasteiger partial charge in [-0.05, 0) is 39.0 Å². The number of halogens is 1. The molecule has 0 unspecified atom stereocenters. The maximum absolute atomic E-state index is 13.8. The van der Waals surface area contributed by atoms with Gasteiger partial charge in [0.05, 0.1) is 31.8 Å². The van der Waals surface area contributed by atoms with Crippen LogP contribution in [-0.4, -0.2) is 68.3 Å². The van der Waals surface area contributed by atoms with Gasteiger partial charge in [0.25, 0.3) is 5.91 Å². The van der Waals surface area contributed by atoms with E-state index in [4.69, 9.17) is 30.9 Å². The first-order valence-electron chi connectivity index (χ1n) is 12.8. The minimum Gasteiger partial charge on any atom is -0.497 e. The van der Waals surface area contributed by atoms with Crippen LogP contribution in [0.1, 0.15) is 36.8 Å². The summed E-state index contributed by atoms with van der Waals surface area (Å²) in [6.45, 7) is 5.68. The minimum atomic E-state index is -1.01. The molecule has 4 aromatic rings. The molecule has 1 aliphatic rings. The number of aliphatic carboxylic acids is 1. The number of amides is 1. The van der Waals surface area contributed by atoms with E-state index >= 15 is 0 Å². The third kappa shape index (κ3) is 5.20. The molecule has 0 saturated heterocycles. The van der Waals surface area contributed by atoms with Gasteiger partial charge < -0.3 is 24.2 Å². The van der Waals surface area contributed by atoms with E-state index in [1.807, 2.05) is 26.8 Å². The summed E-state index contributed by atoms with van der Waals surface area (Å²) in [5.41, 5.74) is 3.66. The van der Waals surface area contributed by atoms with Gasteiger partial charge in [-0.3, -0.25) is 14.3 Å². The molecule has 3 heterocycles. The van der Waals surface area contributed by atoms with E-state index < -0.39 is 11.5 Å². The summed E-state index contributed by atoms with van der Waals surface area (Å²) in [7, 11) is 4.84. The zero-order chi connectivity index (χ0) is 29.6. The molecular formula is C29H30ClN5O6. The van der Waals surface area contributed by atoms with Crippen molar-refractivity contribution < 1.29 is 28.9 Å². The molecule has 12 heteroatoms. The quantitative estimate of drug-likeness (QED) is 0.327. The Kier molecular flexibility index (Phi) is 7.16. The van der Waals surface area contributed by atoms with Crippen LogP contribution in [0.25, 0.3) is 28.1 Å². The molecular weight excluding hydrogens is 550 g/mol. The first-order valence-corrected chi connectivity index (χ1v) is 13.1. The third-order valence-electron chi connectivity index (χ3n) is 7.00. The number of methoxy groups -OCH3 is 2. The van der Waals surface area contributed by atoms with Crippen molar-refractivity contribution in [2.24, 2.45) is 0 Å². The highest BCUT2D eigenvalue weighted by Crippen LogP contribution is 2.46. The van der Waals surface area contributed by atoms with Crippen molar-refractivity contribution in [3.05, 3.63) is 59.0 Å². The van der Waals surface area contributed by atoms with Crippen molar-refractivity contribution in [1.29, 1.82) is 0 Å². The summed E-state index contributed by atoms with van der Waals surface area (Å²) in [5.74, 6) is 0.325. The second-order valence-electron chi connectivity index (χ2n) is 10.6. The predicted molar refractivity (Wildman–Crippen MR) is 152 cm³/mol. The molecule has 0 aliphatic carbocycles. The molecule has 1 N–H and O–H groups in total. The summed E-state index contributed by atoms with van der Waals surface area (Å²) >= 11 is 6.44. The van der Waals surface area contributed by atoms with Gasteiger partial charge >= 0.3 is 5.97 Å². The van der Waals surface area contributed by atoms with Crippen LogP contribution in [-0.2, 0) is 17.9 Å². The molecule has 0 atom stereocenters. The fourth-order valence-corrected chi connectivity index (χ4v) is 4.83. The summed E-state index contributed by atoms with van der Waals surface area (Å²) < 4.78 is 20.3. The van der Waals surface area contributed by atoms with E-state index in [0.29, 0.717) is 55.9 Å². The number of ether oxygens (including phenoxy) is 3. The predicted octanol–water partition coefficient (Wildman–Crippen LogP) is 4.92. The average molecular weight is 580 g/mol. The zero-order valence-corrected chi connectivity index (χ0v) is 24.3. The van der Waals surface area contributed by atoms with Gasteiger partial charge in [0.1, 0.15) is 30.4 Å². The number of carboxylic acids is 1. The second kappa shape index (κ2) is 10.5. The van der Waals surface area contributed by atoms with E-state index in [0.717, 1.165) is 0 Å². The fraction of sp³-hybridized carbons (Fsp3) is 0.310. The van der Waals surface area contributed by atoms with Crippen LogP contribution in [0.15, 0.2) is 42.7 Å². The van der Waals surface area contributed by atoms with Crippen LogP contribution in [0.5, 0.6) is 17.2 Å². The Bertz CT molecular complexity index is 1670. The summed E-state index contributed by atoms with van der Waals surface area (Å²) in [4.78, 5) is 26.6. The largest absolute Gasteiger partial charge is 0.497 e. The average Bonchev–Trinajstić information content (AvgIpc) is 3.55. The highest BCUT2D eigenvalue weighted by molar-refractivity contribution is 6.30. The molecule has 0 fully saturated rings. The van der Waals surface area contributed by atoms with Crippen molar-refractivity contribution in [1.82, 2.24) is 24.5 Å². The topological polar surface area (TPSA) is 121 Å². The Balaban J connectivity index is 1.76. The number of rotatable bonds is 7. The van der Waals surface area contributed by atoms with E-state index in [9.17, 15) is 14.7 Å². The zero-order valence-electron chi connectivity index (χ0n) is 23.6. The monoisotopic (exact) mass is 579 g/mol. The van der Waals surface area contributed by atoms with Gasteiger partial charge in [0, 0.05) is 58.2 Å². The molecule has 1 aliphatic heterocycles. The number of hydrogen-bond acceptors (Lipinski definition) is 7. The van der Waals surface area contributed by atoms with E-state index in [-0.39, 0.29) is 24.8 Å². The number of hydrogen-bond donors (Lipinski definition) is 1. The van der Waals surface area contributed by atoms with Gasteiger partial charge in [0.2, 0.25) is 0 Å². The lowest BCUT2D eigenvalue weighted by Gasteiger charge is -2.31. The number of nitrogens with zero attached hydrogens (tertiary/aromatic N) is 5. The van der Waals surface area contributed by atoms with E-state index in [2.05, 4.69) is 5.10 Å². The summed E-state index contributed by atoms with van der Waals surface area (Å²) in [6, 6.07) is 8.86. The van der Waals surface area contributed by atoms with Crippen molar-refractivity contribution in [2.45, 2.75) is 39.5 Å². The van der Waals surface area contributed by atoms with Crippen molar-refractivity contribution in [3.63, 3.8) is 0 Å². The number of carboxylic acid groups (broad SMARTS) is 1. The van der Waals surface area contributed by atoms with Gasteiger partial charge in [-0.2, -0.15) is 10.2 Å². The Morgan fingerprint density at radius 1 is 1.12 bits per heavy atom. The molecule has 0 bridgehead atoms. The maximum atomic E-state index is 13.8. The van der Waals surface area contributed by atoms with Crippen LogP contribution in [0, 0.1) is 0 Å². The molecule has 41 heavy (non-hydrogen) atoms. The van der Waals surface area contributed by atoms with E-state index in [1.54, 1.807) is 67.5 Å². The summed E-state index contributed by atoms with van der Waals surface area (Å²) in [5, 5.41) is 18.6. The Hall–Kier alpha value is -4.51. The smallest absolute Gasteiger partial charge is 0.325 e. The Morgan fingerprint density at radius 2 is 1.88 bits per heavy atom. The first kappa shape index (κ1) is 28.0. The number of aromatic nitrogens is 4. The lowest BCUT2D eigenvalue weighted by atomic mass is 9.96. The lowest BCUT2D eigenvalue weighted by Crippen LogP contribution is -2.43. The molecule has 0 saturated carbocycles. The van der Waals surface area contributed by atoms with E-state index in [1.165, 1.54) is 4.68 Å². The number of fused-ring (bicyclic) bond motifs is 3. The molecule has 0 spiro atoms. The number of carbonyl (C=O) groups is 2. The first-order chi connectivity index (χ1) is 19.4. The third-order valence-corrected chi connectivity index (χ3v) is 7.22. The van der Waals surface area contributed by atoms with Crippen molar-refractivity contribution in [2.75, 3.05) is 21.3 Å². The summed E-state index contributed by atoms with van der Waals surface area (Å²) in [6.07, 6.45) is 3.21. The van der Waals surface area contributed by atoms with Crippen LogP contribution < -0.4 is 14.2 Å². The second-order valence-corrected chi connectivity index (χ2v) is 11.1. The minimum absolute atomic E-state index is 0.109. The molecule has 2 aromatic carbocycles. The SMILES string of the molecule is COc1cc(Cl)cc(-n2nc(C(=O)N(C)C(C)(C)C)c3c2-c2cc(-c4cnn(CC(=O)O)c4)c(OC)cc2OC3)c1. The van der Waals surface area contributed by atoms with Crippen molar-refractivity contribution >= 4 is 23.5 Å². The Morgan fingerprint density at radius 3 is 2.54 bits per heavy atom. The standard InChI is InChI=1S/C29H30ClN5O6/c1-29(2,3)33(4)28(38)26-22-15-41-24-11-23(40-6)20(16-12-31-34(13-16)14-25(36)37)10-21(24)27(22)35(32-26)18-7-17(30)8-19(9-18)39-5/h7-13H,14-15H2,1-6H3,(H,36,37). The number of carbonyl (C=O) groups excluding carboxylic acids is 1. The highest BCUT2D eigenvalue weighted by Gasteiger charge is 2.35. The molecule has 1 amide bonds. The van der Waals surface area contributed by atoms with Crippen LogP contribution in [0.3, 0.4) is 0 Å². The molecule has 5 rings (SSSR count). The molecule has 11 nitrogen and oxygen atoms in total. The maximum Gasteiger partial charge on any atom is 0.325 e. The molecule has 0 radical (unpaired) electrons. The normalized spacial score (nSPS) is 12.3. The molecule has 214 valence electrons.